The zero-order valence-corrected chi connectivity index (χ0v) is 19.3. The van der Waals surface area contributed by atoms with Crippen molar-refractivity contribution in [2.45, 2.75) is 51.2 Å². The molecule has 32 heavy (non-hydrogen) atoms. The number of aryl methyl sites for hydroxylation is 2. The van der Waals surface area contributed by atoms with E-state index in [2.05, 4.69) is 20.8 Å². The van der Waals surface area contributed by atoms with Crippen molar-refractivity contribution in [3.05, 3.63) is 70.3 Å². The number of rotatable bonds is 6. The van der Waals surface area contributed by atoms with Gasteiger partial charge in [-0.05, 0) is 38.3 Å². The molecule has 0 spiro atoms. The highest BCUT2D eigenvalue weighted by molar-refractivity contribution is 6.33. The minimum atomic E-state index is -0.776. The first kappa shape index (κ1) is 22.1. The van der Waals surface area contributed by atoms with Crippen molar-refractivity contribution in [1.82, 2.24) is 30.2 Å². The van der Waals surface area contributed by atoms with Crippen LogP contribution in [0.15, 0.2) is 42.9 Å². The lowest BCUT2D eigenvalue weighted by atomic mass is 9.85. The molecular weight excluding hydrogens is 428 g/mol. The summed E-state index contributed by atoms with van der Waals surface area (Å²) in [6.07, 6.45) is 5.64. The van der Waals surface area contributed by atoms with Gasteiger partial charge in [0.1, 0.15) is 5.69 Å². The van der Waals surface area contributed by atoms with Crippen LogP contribution in [-0.4, -0.2) is 37.4 Å². The average Bonchev–Trinajstić information content (AvgIpc) is 3.45. The Labute approximate surface area is 191 Å². The Kier molecular flexibility index (Phi) is 5.81. The third-order valence-electron chi connectivity index (χ3n) is 6.14. The molecule has 3 aromatic rings. The molecule has 0 aliphatic heterocycles. The van der Waals surface area contributed by atoms with Gasteiger partial charge in [0.15, 0.2) is 0 Å². The van der Waals surface area contributed by atoms with E-state index in [0.717, 1.165) is 16.7 Å². The number of nitrogens with one attached hydrogen (secondary N) is 2. The van der Waals surface area contributed by atoms with E-state index < -0.39 is 5.41 Å². The van der Waals surface area contributed by atoms with Crippen LogP contribution in [0, 0.1) is 0 Å². The van der Waals surface area contributed by atoms with Crippen LogP contribution in [0.5, 0.6) is 0 Å². The highest BCUT2D eigenvalue weighted by Crippen LogP contribution is 2.33. The molecule has 0 unspecified atom stereocenters. The van der Waals surface area contributed by atoms with Gasteiger partial charge in [0, 0.05) is 25.4 Å². The van der Waals surface area contributed by atoms with Gasteiger partial charge in [-0.3, -0.25) is 19.0 Å². The first-order valence-corrected chi connectivity index (χ1v) is 11.0. The molecule has 1 aromatic carbocycles. The number of carbonyl (C=O) groups excluding carboxylic acids is 2. The van der Waals surface area contributed by atoms with E-state index in [1.807, 2.05) is 58.3 Å². The van der Waals surface area contributed by atoms with Crippen molar-refractivity contribution in [2.24, 2.45) is 7.05 Å². The molecule has 0 fully saturated rings. The molecule has 2 heterocycles. The van der Waals surface area contributed by atoms with E-state index in [1.54, 1.807) is 15.6 Å². The van der Waals surface area contributed by atoms with E-state index in [1.165, 1.54) is 6.20 Å². The molecular formula is C23H27ClN6O2. The molecule has 2 amide bonds. The van der Waals surface area contributed by atoms with Gasteiger partial charge in [0.2, 0.25) is 5.91 Å². The monoisotopic (exact) mass is 454 g/mol. The lowest BCUT2D eigenvalue weighted by molar-refractivity contribution is -0.126. The SMILES string of the molecule is CCn1ncc(Cl)c1C(=O)N[C@@H]1c2ccccc2C[C@H]1NC(=O)C(C)(C)c1cnn(C)c1. The number of benzene rings is 1. The number of nitrogens with zero attached hydrogens (tertiary/aromatic N) is 4. The summed E-state index contributed by atoms with van der Waals surface area (Å²) in [4.78, 5) is 26.4. The Bertz CT molecular complexity index is 1160. The van der Waals surface area contributed by atoms with Gasteiger partial charge in [-0.15, -0.1) is 0 Å². The van der Waals surface area contributed by atoms with Crippen LogP contribution in [-0.2, 0) is 30.2 Å². The fourth-order valence-electron chi connectivity index (χ4n) is 4.17. The van der Waals surface area contributed by atoms with Crippen LogP contribution in [0.4, 0.5) is 0 Å². The van der Waals surface area contributed by atoms with Gasteiger partial charge < -0.3 is 10.6 Å². The second kappa shape index (κ2) is 8.43. The first-order chi connectivity index (χ1) is 15.2. The number of hydrogen-bond donors (Lipinski definition) is 2. The Hall–Kier alpha value is -3.13. The van der Waals surface area contributed by atoms with E-state index in [-0.39, 0.29) is 23.9 Å². The molecule has 2 atom stereocenters. The molecule has 1 aliphatic carbocycles. The largest absolute Gasteiger partial charge is 0.350 e. The van der Waals surface area contributed by atoms with Crippen molar-refractivity contribution in [3.63, 3.8) is 0 Å². The highest BCUT2D eigenvalue weighted by atomic mass is 35.5. The fraction of sp³-hybridized carbons (Fsp3) is 0.391. The molecule has 0 saturated heterocycles. The standard InChI is InChI=1S/C23H27ClN6O2/c1-5-30-20(17(24)12-26-30)21(31)28-19-16-9-7-6-8-14(16)10-18(19)27-22(32)23(2,3)15-11-25-29(4)13-15/h6-9,11-13,18-19H,5,10H2,1-4H3,(H,27,32)(H,28,31)/t18-,19-/m1/s1. The molecule has 4 rings (SSSR count). The predicted octanol–water partition coefficient (Wildman–Crippen LogP) is 2.78. The summed E-state index contributed by atoms with van der Waals surface area (Å²) >= 11 is 6.23. The number of carbonyl (C=O) groups is 2. The van der Waals surface area contributed by atoms with Gasteiger partial charge in [-0.25, -0.2) is 0 Å². The summed E-state index contributed by atoms with van der Waals surface area (Å²) in [6, 6.07) is 7.23. The Morgan fingerprint density at radius 3 is 2.62 bits per heavy atom. The van der Waals surface area contributed by atoms with Gasteiger partial charge in [0.05, 0.1) is 34.9 Å². The molecule has 2 N–H and O–H groups in total. The van der Waals surface area contributed by atoms with Crippen molar-refractivity contribution in [3.8, 4) is 0 Å². The third kappa shape index (κ3) is 3.90. The van der Waals surface area contributed by atoms with Gasteiger partial charge in [0.25, 0.3) is 5.91 Å². The summed E-state index contributed by atoms with van der Waals surface area (Å²) in [5.41, 5.74) is 2.45. The van der Waals surface area contributed by atoms with Crippen molar-refractivity contribution >= 4 is 23.4 Å². The summed E-state index contributed by atoms with van der Waals surface area (Å²) in [5.74, 6) is -0.444. The zero-order chi connectivity index (χ0) is 23.0. The molecule has 1 aliphatic rings. The van der Waals surface area contributed by atoms with E-state index in [4.69, 9.17) is 11.6 Å². The van der Waals surface area contributed by atoms with Crippen molar-refractivity contribution in [1.29, 1.82) is 0 Å². The van der Waals surface area contributed by atoms with Crippen LogP contribution in [0.3, 0.4) is 0 Å². The molecule has 9 heteroatoms. The average molecular weight is 455 g/mol. The lowest BCUT2D eigenvalue weighted by Crippen LogP contribution is -2.49. The van der Waals surface area contributed by atoms with Crippen LogP contribution in [0.2, 0.25) is 5.02 Å². The topological polar surface area (TPSA) is 93.8 Å². The predicted molar refractivity (Wildman–Crippen MR) is 121 cm³/mol. The smallest absolute Gasteiger partial charge is 0.271 e. The van der Waals surface area contributed by atoms with Crippen LogP contribution in [0.25, 0.3) is 0 Å². The number of halogens is 1. The minimum Gasteiger partial charge on any atom is -0.350 e. The molecule has 168 valence electrons. The van der Waals surface area contributed by atoms with Crippen molar-refractivity contribution < 1.29 is 9.59 Å². The Morgan fingerprint density at radius 2 is 1.94 bits per heavy atom. The number of hydrogen-bond acceptors (Lipinski definition) is 4. The zero-order valence-electron chi connectivity index (χ0n) is 18.6. The van der Waals surface area contributed by atoms with E-state index >= 15 is 0 Å². The summed E-state index contributed by atoms with van der Waals surface area (Å²) in [6.45, 7) is 6.16. The van der Waals surface area contributed by atoms with E-state index in [0.29, 0.717) is 23.7 Å². The van der Waals surface area contributed by atoms with Gasteiger partial charge in [-0.1, -0.05) is 35.9 Å². The maximum atomic E-state index is 13.3. The number of fused-ring (bicyclic) bond motifs is 1. The molecule has 2 aromatic heterocycles. The van der Waals surface area contributed by atoms with Gasteiger partial charge in [-0.2, -0.15) is 10.2 Å². The molecule has 0 bridgehead atoms. The second-order valence-corrected chi connectivity index (χ2v) is 9.03. The third-order valence-corrected chi connectivity index (χ3v) is 6.42. The van der Waals surface area contributed by atoms with Crippen LogP contribution in [0.1, 0.15) is 54.0 Å². The number of aromatic nitrogens is 4. The Morgan fingerprint density at radius 1 is 1.19 bits per heavy atom. The maximum absolute atomic E-state index is 13.3. The molecule has 0 radical (unpaired) electrons. The van der Waals surface area contributed by atoms with E-state index in [9.17, 15) is 9.59 Å². The van der Waals surface area contributed by atoms with Crippen molar-refractivity contribution in [2.75, 3.05) is 0 Å². The lowest BCUT2D eigenvalue weighted by Gasteiger charge is -2.28. The molecule has 0 saturated carbocycles. The first-order valence-electron chi connectivity index (χ1n) is 10.6. The van der Waals surface area contributed by atoms with Crippen LogP contribution >= 0.6 is 11.6 Å². The normalized spacial score (nSPS) is 17.8. The second-order valence-electron chi connectivity index (χ2n) is 8.62. The summed E-state index contributed by atoms with van der Waals surface area (Å²) in [7, 11) is 1.82. The number of amides is 2. The fourth-order valence-corrected chi connectivity index (χ4v) is 4.40. The summed E-state index contributed by atoms with van der Waals surface area (Å²) < 4.78 is 3.25. The minimum absolute atomic E-state index is 0.126. The molecule has 8 nitrogen and oxygen atoms in total. The van der Waals surface area contributed by atoms with Crippen LogP contribution < -0.4 is 10.6 Å². The quantitative estimate of drug-likeness (QED) is 0.598. The highest BCUT2D eigenvalue weighted by Gasteiger charge is 2.39. The Balaban J connectivity index is 1.59. The van der Waals surface area contributed by atoms with Gasteiger partial charge >= 0.3 is 0 Å². The summed E-state index contributed by atoms with van der Waals surface area (Å²) in [5, 5.41) is 14.9. The maximum Gasteiger partial charge on any atom is 0.271 e.